The highest BCUT2D eigenvalue weighted by Gasteiger charge is 1.84. The summed E-state index contributed by atoms with van der Waals surface area (Å²) in [4.78, 5) is 0. The lowest BCUT2D eigenvalue weighted by atomic mass is 10.1. The number of unbranched alkanes of at least 4 members (excludes halogenated alkanes) is 2. The van der Waals surface area contributed by atoms with Gasteiger partial charge in [0.1, 0.15) is 0 Å². The van der Waals surface area contributed by atoms with Crippen LogP contribution in [0.3, 0.4) is 0 Å². The van der Waals surface area contributed by atoms with Crippen molar-refractivity contribution in [3.63, 3.8) is 0 Å². The van der Waals surface area contributed by atoms with Crippen molar-refractivity contribution < 1.29 is 0 Å². The van der Waals surface area contributed by atoms with Gasteiger partial charge >= 0.3 is 0 Å². The van der Waals surface area contributed by atoms with E-state index in [1.807, 2.05) is 0 Å². The summed E-state index contributed by atoms with van der Waals surface area (Å²) in [6, 6.07) is 8.66. The van der Waals surface area contributed by atoms with Crippen LogP contribution in [0, 0.1) is 6.92 Å². The van der Waals surface area contributed by atoms with E-state index in [1.165, 1.54) is 30.4 Å². The zero-order valence-corrected chi connectivity index (χ0v) is 10.1. The molecule has 0 aliphatic carbocycles. The normalized spacial score (nSPS) is 9.14. The Bertz CT molecular complexity index is 206. The standard InChI is InChI=1S/C9H12.C5H12/c1-3-9-6-4-8(2)5-7-9;1-3-5-4-2/h4-7H,3H2,1-2H3;3-5H2,1-2H3. The van der Waals surface area contributed by atoms with E-state index < -0.39 is 0 Å². The second kappa shape index (κ2) is 8.80. The molecule has 0 aliphatic rings. The second-order valence-electron chi connectivity index (χ2n) is 3.69. The summed E-state index contributed by atoms with van der Waals surface area (Å²) >= 11 is 0. The third-order valence-corrected chi connectivity index (χ3v) is 2.24. The molecule has 0 heteroatoms. The summed E-state index contributed by atoms with van der Waals surface area (Å²) in [5, 5.41) is 0. The van der Waals surface area contributed by atoms with Gasteiger partial charge in [-0.3, -0.25) is 0 Å². The molecule has 0 saturated heterocycles. The minimum atomic E-state index is 1.14. The van der Waals surface area contributed by atoms with Gasteiger partial charge in [0.15, 0.2) is 0 Å². The van der Waals surface area contributed by atoms with E-state index in [-0.39, 0.29) is 0 Å². The Morgan fingerprint density at radius 3 is 1.64 bits per heavy atom. The van der Waals surface area contributed by atoms with Gasteiger partial charge in [0.25, 0.3) is 0 Å². The molecule has 0 aliphatic heterocycles. The zero-order valence-electron chi connectivity index (χ0n) is 10.1. The van der Waals surface area contributed by atoms with Crippen molar-refractivity contribution >= 4 is 0 Å². The van der Waals surface area contributed by atoms with E-state index in [0.717, 1.165) is 6.42 Å². The Labute approximate surface area is 89.4 Å². The Morgan fingerprint density at radius 2 is 1.36 bits per heavy atom. The maximum atomic E-state index is 2.21. The Balaban J connectivity index is 0.000000292. The Hall–Kier alpha value is -0.780. The topological polar surface area (TPSA) is 0 Å². The lowest BCUT2D eigenvalue weighted by Gasteiger charge is -1.94. The smallest absolute Gasteiger partial charge is 0.0307 e. The van der Waals surface area contributed by atoms with Crippen molar-refractivity contribution in [2.24, 2.45) is 0 Å². The monoisotopic (exact) mass is 192 g/mol. The van der Waals surface area contributed by atoms with Gasteiger partial charge in [0.05, 0.1) is 0 Å². The highest BCUT2D eigenvalue weighted by Crippen LogP contribution is 2.02. The third kappa shape index (κ3) is 6.71. The lowest BCUT2D eigenvalue weighted by Crippen LogP contribution is -1.77. The first-order valence-corrected chi connectivity index (χ1v) is 5.80. The van der Waals surface area contributed by atoms with Crippen molar-refractivity contribution in [2.45, 2.75) is 53.4 Å². The van der Waals surface area contributed by atoms with Crippen LogP contribution in [-0.2, 0) is 6.42 Å². The predicted octanol–water partition coefficient (Wildman–Crippen LogP) is 4.75. The molecule has 0 heterocycles. The predicted molar refractivity (Wildman–Crippen MR) is 65.8 cm³/mol. The minimum absolute atomic E-state index is 1.14. The fourth-order valence-corrected chi connectivity index (χ4v) is 1.18. The van der Waals surface area contributed by atoms with Gasteiger partial charge in [-0.15, -0.1) is 0 Å². The van der Waals surface area contributed by atoms with Crippen LogP contribution in [0.5, 0.6) is 0 Å². The van der Waals surface area contributed by atoms with E-state index in [1.54, 1.807) is 0 Å². The maximum Gasteiger partial charge on any atom is -0.0307 e. The SMILES string of the molecule is CCCCC.CCc1ccc(C)cc1. The number of rotatable bonds is 3. The molecule has 0 nitrogen and oxygen atoms in total. The van der Waals surface area contributed by atoms with Gasteiger partial charge < -0.3 is 0 Å². The maximum absolute atomic E-state index is 2.21. The highest BCUT2D eigenvalue weighted by atomic mass is 13.9. The van der Waals surface area contributed by atoms with Crippen molar-refractivity contribution in [1.29, 1.82) is 0 Å². The van der Waals surface area contributed by atoms with Crippen LogP contribution in [-0.4, -0.2) is 0 Å². The van der Waals surface area contributed by atoms with E-state index in [9.17, 15) is 0 Å². The Morgan fingerprint density at radius 1 is 0.857 bits per heavy atom. The van der Waals surface area contributed by atoms with Gasteiger partial charge in [-0.25, -0.2) is 0 Å². The van der Waals surface area contributed by atoms with Gasteiger partial charge in [-0.2, -0.15) is 0 Å². The van der Waals surface area contributed by atoms with Crippen LogP contribution in [0.2, 0.25) is 0 Å². The number of hydrogen-bond acceptors (Lipinski definition) is 0. The van der Waals surface area contributed by atoms with Crippen LogP contribution in [0.15, 0.2) is 24.3 Å². The molecule has 0 amide bonds. The van der Waals surface area contributed by atoms with E-state index in [0.29, 0.717) is 0 Å². The number of benzene rings is 1. The summed E-state index contributed by atoms with van der Waals surface area (Å²) < 4.78 is 0. The average molecular weight is 192 g/mol. The first kappa shape index (κ1) is 13.2. The van der Waals surface area contributed by atoms with Crippen LogP contribution < -0.4 is 0 Å². The molecule has 0 fully saturated rings. The van der Waals surface area contributed by atoms with Gasteiger partial charge in [0.2, 0.25) is 0 Å². The number of aryl methyl sites for hydroxylation is 2. The fourth-order valence-electron chi connectivity index (χ4n) is 1.18. The fraction of sp³-hybridized carbons (Fsp3) is 0.571. The molecular formula is C14H24. The molecule has 0 atom stereocenters. The molecular weight excluding hydrogens is 168 g/mol. The van der Waals surface area contributed by atoms with E-state index in [4.69, 9.17) is 0 Å². The molecule has 1 aromatic carbocycles. The van der Waals surface area contributed by atoms with Crippen LogP contribution in [0.1, 0.15) is 51.2 Å². The average Bonchev–Trinajstić information content (AvgIpc) is 2.21. The van der Waals surface area contributed by atoms with Crippen molar-refractivity contribution in [3.05, 3.63) is 35.4 Å². The van der Waals surface area contributed by atoms with Crippen molar-refractivity contribution in [2.75, 3.05) is 0 Å². The van der Waals surface area contributed by atoms with Crippen LogP contribution in [0.25, 0.3) is 0 Å². The molecule has 1 aromatic rings. The molecule has 0 spiro atoms. The second-order valence-corrected chi connectivity index (χ2v) is 3.69. The molecule has 0 unspecified atom stereocenters. The molecule has 0 aromatic heterocycles. The highest BCUT2D eigenvalue weighted by molar-refractivity contribution is 5.20. The van der Waals surface area contributed by atoms with Crippen LogP contribution >= 0.6 is 0 Å². The van der Waals surface area contributed by atoms with Gasteiger partial charge in [-0.1, -0.05) is 69.9 Å². The summed E-state index contributed by atoms with van der Waals surface area (Å²) in [5.41, 5.74) is 2.76. The Kier molecular flexibility index (Phi) is 8.31. The minimum Gasteiger partial charge on any atom is -0.0654 e. The van der Waals surface area contributed by atoms with E-state index >= 15 is 0 Å². The zero-order chi connectivity index (χ0) is 10.8. The summed E-state index contributed by atoms with van der Waals surface area (Å²) in [7, 11) is 0. The number of hydrogen-bond donors (Lipinski definition) is 0. The summed E-state index contributed by atoms with van der Waals surface area (Å²) in [5.74, 6) is 0. The molecule has 0 N–H and O–H groups in total. The van der Waals surface area contributed by atoms with Crippen LogP contribution in [0.4, 0.5) is 0 Å². The lowest BCUT2D eigenvalue weighted by molar-refractivity contribution is 0.772. The quantitative estimate of drug-likeness (QED) is 0.648. The molecule has 1 rings (SSSR count). The first-order valence-electron chi connectivity index (χ1n) is 5.80. The largest absolute Gasteiger partial charge is 0.0654 e. The summed E-state index contributed by atoms with van der Waals surface area (Å²) in [6.07, 6.45) is 5.22. The summed E-state index contributed by atoms with van der Waals surface area (Å²) in [6.45, 7) is 8.71. The first-order chi connectivity index (χ1) is 6.74. The molecule has 80 valence electrons. The van der Waals surface area contributed by atoms with Crippen molar-refractivity contribution in [3.8, 4) is 0 Å². The third-order valence-electron chi connectivity index (χ3n) is 2.24. The van der Waals surface area contributed by atoms with Crippen molar-refractivity contribution in [1.82, 2.24) is 0 Å². The molecule has 14 heavy (non-hydrogen) atoms. The van der Waals surface area contributed by atoms with Gasteiger partial charge in [0, 0.05) is 0 Å². The molecule has 0 radical (unpaired) electrons. The van der Waals surface area contributed by atoms with Gasteiger partial charge in [-0.05, 0) is 18.9 Å². The molecule has 0 saturated carbocycles. The molecule has 0 bridgehead atoms. The van der Waals surface area contributed by atoms with E-state index in [2.05, 4.69) is 52.0 Å².